The Balaban J connectivity index is 2.37. The van der Waals surface area contributed by atoms with Gasteiger partial charge in [-0.25, -0.2) is 9.97 Å². The lowest BCUT2D eigenvalue weighted by molar-refractivity contribution is -0.138. The highest BCUT2D eigenvalue weighted by Crippen LogP contribution is 2.38. The SMILES string of the molecule is Cc1nc(C2CCCS2)nc(C)c1C(C)C(=O)O. The van der Waals surface area contributed by atoms with Crippen LogP contribution in [0.15, 0.2) is 0 Å². The molecule has 98 valence electrons. The molecule has 0 aliphatic carbocycles. The molecule has 0 radical (unpaired) electrons. The molecule has 2 heterocycles. The van der Waals surface area contributed by atoms with Crippen LogP contribution in [0.3, 0.4) is 0 Å². The summed E-state index contributed by atoms with van der Waals surface area (Å²) in [4.78, 5) is 20.1. The molecule has 0 amide bonds. The number of carboxylic acids is 1. The van der Waals surface area contributed by atoms with Crippen LogP contribution in [0.2, 0.25) is 0 Å². The molecular weight excluding hydrogens is 248 g/mol. The summed E-state index contributed by atoms with van der Waals surface area (Å²) >= 11 is 1.89. The molecule has 1 fully saturated rings. The van der Waals surface area contributed by atoms with Gasteiger partial charge in [0.15, 0.2) is 0 Å². The van der Waals surface area contributed by atoms with E-state index in [1.807, 2.05) is 25.6 Å². The molecule has 1 saturated heterocycles. The van der Waals surface area contributed by atoms with Crippen molar-refractivity contribution in [1.29, 1.82) is 0 Å². The maximum atomic E-state index is 11.1. The topological polar surface area (TPSA) is 63.1 Å². The fourth-order valence-corrected chi connectivity index (χ4v) is 3.63. The summed E-state index contributed by atoms with van der Waals surface area (Å²) < 4.78 is 0. The quantitative estimate of drug-likeness (QED) is 0.911. The highest BCUT2D eigenvalue weighted by molar-refractivity contribution is 7.99. The maximum absolute atomic E-state index is 11.1. The first-order valence-corrected chi connectivity index (χ1v) is 7.25. The number of aromatic nitrogens is 2. The lowest BCUT2D eigenvalue weighted by atomic mass is 9.98. The number of thioether (sulfide) groups is 1. The van der Waals surface area contributed by atoms with Crippen molar-refractivity contribution in [2.75, 3.05) is 5.75 Å². The van der Waals surface area contributed by atoms with Gasteiger partial charge in [0.25, 0.3) is 0 Å². The molecule has 0 saturated carbocycles. The Hall–Kier alpha value is -1.10. The molecule has 1 aromatic heterocycles. The zero-order valence-electron chi connectivity index (χ0n) is 10.9. The van der Waals surface area contributed by atoms with E-state index >= 15 is 0 Å². The molecule has 4 nitrogen and oxygen atoms in total. The first kappa shape index (κ1) is 13.3. The second-order valence-electron chi connectivity index (χ2n) is 4.73. The van der Waals surface area contributed by atoms with Gasteiger partial charge >= 0.3 is 5.97 Å². The second-order valence-corrected chi connectivity index (χ2v) is 6.04. The molecule has 0 aromatic carbocycles. The van der Waals surface area contributed by atoms with Crippen LogP contribution >= 0.6 is 11.8 Å². The van der Waals surface area contributed by atoms with E-state index in [9.17, 15) is 4.79 Å². The Morgan fingerprint density at radius 3 is 2.44 bits per heavy atom. The molecule has 18 heavy (non-hydrogen) atoms. The van der Waals surface area contributed by atoms with E-state index < -0.39 is 11.9 Å². The molecule has 0 spiro atoms. The van der Waals surface area contributed by atoms with Gasteiger partial charge in [0, 0.05) is 17.0 Å². The maximum Gasteiger partial charge on any atom is 0.310 e. The molecule has 2 atom stereocenters. The Labute approximate surface area is 111 Å². The van der Waals surface area contributed by atoms with E-state index in [0.717, 1.165) is 29.2 Å². The smallest absolute Gasteiger partial charge is 0.310 e. The number of carboxylic acid groups (broad SMARTS) is 1. The third-order valence-corrected chi connectivity index (χ3v) is 4.74. The molecule has 2 unspecified atom stereocenters. The van der Waals surface area contributed by atoms with Gasteiger partial charge in [0.05, 0.1) is 11.2 Å². The minimum absolute atomic E-state index is 0.386. The molecule has 0 bridgehead atoms. The average molecular weight is 266 g/mol. The Bertz CT molecular complexity index is 447. The average Bonchev–Trinajstić information content (AvgIpc) is 2.80. The summed E-state index contributed by atoms with van der Waals surface area (Å²) in [5, 5.41) is 9.49. The van der Waals surface area contributed by atoms with Crippen molar-refractivity contribution in [2.24, 2.45) is 0 Å². The molecule has 5 heteroatoms. The number of rotatable bonds is 3. The van der Waals surface area contributed by atoms with Crippen molar-refractivity contribution in [1.82, 2.24) is 9.97 Å². The molecule has 1 aromatic rings. The van der Waals surface area contributed by atoms with Gasteiger partial charge in [-0.05, 0) is 39.4 Å². The first-order valence-electron chi connectivity index (χ1n) is 6.20. The van der Waals surface area contributed by atoms with Crippen LogP contribution in [0.25, 0.3) is 0 Å². The van der Waals surface area contributed by atoms with Crippen molar-refractivity contribution in [3.63, 3.8) is 0 Å². The minimum atomic E-state index is -0.826. The van der Waals surface area contributed by atoms with Crippen LogP contribution in [0.4, 0.5) is 0 Å². The number of aryl methyl sites for hydroxylation is 2. The van der Waals surface area contributed by atoms with Gasteiger partial charge in [0.2, 0.25) is 0 Å². The Morgan fingerprint density at radius 1 is 1.39 bits per heavy atom. The Kier molecular flexibility index (Phi) is 3.90. The largest absolute Gasteiger partial charge is 0.481 e. The van der Waals surface area contributed by atoms with Gasteiger partial charge in [-0.2, -0.15) is 11.8 Å². The van der Waals surface area contributed by atoms with Crippen LogP contribution < -0.4 is 0 Å². The van der Waals surface area contributed by atoms with Crippen LogP contribution in [0.1, 0.15) is 53.7 Å². The molecule has 1 N–H and O–H groups in total. The van der Waals surface area contributed by atoms with E-state index in [-0.39, 0.29) is 0 Å². The number of nitrogens with zero attached hydrogens (tertiary/aromatic N) is 2. The predicted molar refractivity (Wildman–Crippen MR) is 72.0 cm³/mol. The summed E-state index contributed by atoms with van der Waals surface area (Å²) in [5.41, 5.74) is 2.37. The number of hydrogen-bond donors (Lipinski definition) is 1. The normalized spacial score (nSPS) is 20.9. The van der Waals surface area contributed by atoms with Crippen LogP contribution in [-0.4, -0.2) is 26.8 Å². The number of hydrogen-bond acceptors (Lipinski definition) is 4. The molecular formula is C13H18N2O2S. The summed E-state index contributed by atoms with van der Waals surface area (Å²) in [7, 11) is 0. The molecule has 1 aliphatic rings. The highest BCUT2D eigenvalue weighted by atomic mass is 32.2. The number of carbonyl (C=O) groups is 1. The monoisotopic (exact) mass is 266 g/mol. The first-order chi connectivity index (χ1) is 8.50. The second kappa shape index (κ2) is 5.26. The van der Waals surface area contributed by atoms with E-state index in [2.05, 4.69) is 9.97 Å². The van der Waals surface area contributed by atoms with E-state index in [4.69, 9.17) is 5.11 Å². The molecule has 2 rings (SSSR count). The van der Waals surface area contributed by atoms with Crippen molar-refractivity contribution in [3.8, 4) is 0 Å². The van der Waals surface area contributed by atoms with Gasteiger partial charge < -0.3 is 5.11 Å². The zero-order valence-corrected chi connectivity index (χ0v) is 11.8. The van der Waals surface area contributed by atoms with Gasteiger partial charge in [0.1, 0.15) is 5.82 Å². The van der Waals surface area contributed by atoms with E-state index in [1.54, 1.807) is 6.92 Å². The Morgan fingerprint density at radius 2 is 2.00 bits per heavy atom. The van der Waals surface area contributed by atoms with Crippen molar-refractivity contribution in [3.05, 3.63) is 22.8 Å². The van der Waals surface area contributed by atoms with Gasteiger partial charge in [-0.15, -0.1) is 0 Å². The minimum Gasteiger partial charge on any atom is -0.481 e. The summed E-state index contributed by atoms with van der Waals surface area (Å²) in [6, 6.07) is 0. The highest BCUT2D eigenvalue weighted by Gasteiger charge is 2.25. The third-order valence-electron chi connectivity index (χ3n) is 3.37. The molecule has 1 aliphatic heterocycles. The number of aliphatic carboxylic acids is 1. The standard InChI is InChI=1S/C13H18N2O2S/c1-7(13(16)17)11-8(2)14-12(15-9(11)3)10-5-4-6-18-10/h7,10H,4-6H2,1-3H3,(H,16,17). The van der Waals surface area contributed by atoms with Crippen molar-refractivity contribution >= 4 is 17.7 Å². The van der Waals surface area contributed by atoms with Gasteiger partial charge in [-0.1, -0.05) is 0 Å². The predicted octanol–water partition coefficient (Wildman–Crippen LogP) is 2.85. The zero-order chi connectivity index (χ0) is 13.3. The lowest BCUT2D eigenvalue weighted by Gasteiger charge is -2.16. The third kappa shape index (κ3) is 2.51. The fourth-order valence-electron chi connectivity index (χ4n) is 2.43. The van der Waals surface area contributed by atoms with Crippen molar-refractivity contribution < 1.29 is 9.90 Å². The van der Waals surface area contributed by atoms with Crippen LogP contribution in [0.5, 0.6) is 0 Å². The van der Waals surface area contributed by atoms with Crippen LogP contribution in [-0.2, 0) is 4.79 Å². The van der Waals surface area contributed by atoms with E-state index in [0.29, 0.717) is 5.25 Å². The van der Waals surface area contributed by atoms with Crippen molar-refractivity contribution in [2.45, 2.75) is 44.8 Å². The van der Waals surface area contributed by atoms with Gasteiger partial charge in [-0.3, -0.25) is 4.79 Å². The summed E-state index contributed by atoms with van der Waals surface area (Å²) in [6.45, 7) is 5.45. The lowest BCUT2D eigenvalue weighted by Crippen LogP contribution is -2.14. The van der Waals surface area contributed by atoms with Crippen LogP contribution in [0, 0.1) is 13.8 Å². The summed E-state index contributed by atoms with van der Waals surface area (Å²) in [6.07, 6.45) is 2.33. The van der Waals surface area contributed by atoms with E-state index in [1.165, 1.54) is 12.2 Å². The summed E-state index contributed by atoms with van der Waals surface area (Å²) in [5.74, 6) is 0.663. The fraction of sp³-hybridized carbons (Fsp3) is 0.615.